The van der Waals surface area contributed by atoms with Crippen molar-refractivity contribution in [3.05, 3.63) is 70.2 Å². The summed E-state index contributed by atoms with van der Waals surface area (Å²) >= 11 is 0. The molecule has 1 N–H and O–H groups in total. The van der Waals surface area contributed by atoms with Crippen molar-refractivity contribution in [3.63, 3.8) is 0 Å². The summed E-state index contributed by atoms with van der Waals surface area (Å²) in [6, 6.07) is 5.46. The number of nitrogens with one attached hydrogen (secondary N) is 1. The zero-order valence-corrected chi connectivity index (χ0v) is 17.6. The Labute approximate surface area is 185 Å². The Bertz CT molecular complexity index is 1390. The third-order valence-electron chi connectivity index (χ3n) is 6.04. The summed E-state index contributed by atoms with van der Waals surface area (Å²) in [6.07, 6.45) is 0.899. The molecule has 4 aromatic heterocycles. The van der Waals surface area contributed by atoms with Gasteiger partial charge in [0.05, 0.1) is 17.5 Å². The summed E-state index contributed by atoms with van der Waals surface area (Å²) in [5, 5.41) is 8.54. The van der Waals surface area contributed by atoms with E-state index in [9.17, 15) is 22.8 Å². The monoisotopic (exact) mass is 459 g/mol. The van der Waals surface area contributed by atoms with Crippen LogP contribution in [0.4, 0.5) is 13.2 Å². The van der Waals surface area contributed by atoms with Gasteiger partial charge in [0.2, 0.25) is 5.95 Å². The largest absolute Gasteiger partial charge is 0.431 e. The van der Waals surface area contributed by atoms with Crippen LogP contribution in [0.5, 0.6) is 0 Å². The van der Waals surface area contributed by atoms with E-state index in [-0.39, 0.29) is 23.5 Å². The van der Waals surface area contributed by atoms with E-state index in [4.69, 9.17) is 0 Å². The fraction of sp³-hybridized carbons (Fsp3) is 0.333. The molecule has 1 aliphatic rings. The van der Waals surface area contributed by atoms with Crippen molar-refractivity contribution < 1.29 is 18.0 Å². The molecule has 1 aliphatic heterocycles. The van der Waals surface area contributed by atoms with Crippen molar-refractivity contribution in [2.75, 3.05) is 13.1 Å². The number of carbonyl (C=O) groups is 1. The molecule has 4 aromatic rings. The first-order valence-corrected chi connectivity index (χ1v) is 10.4. The molecule has 0 aliphatic carbocycles. The van der Waals surface area contributed by atoms with Crippen LogP contribution < -0.4 is 5.56 Å². The minimum atomic E-state index is -4.42. The van der Waals surface area contributed by atoms with Crippen molar-refractivity contribution >= 4 is 11.4 Å². The number of rotatable bonds is 3. The number of piperidine rings is 1. The maximum atomic E-state index is 13.2. The molecule has 0 spiro atoms. The average molecular weight is 459 g/mol. The molecular weight excluding hydrogens is 439 g/mol. The first kappa shape index (κ1) is 21.0. The Morgan fingerprint density at radius 3 is 2.61 bits per heavy atom. The normalized spacial score (nSPS) is 15.5. The first-order chi connectivity index (χ1) is 15.7. The van der Waals surface area contributed by atoms with Gasteiger partial charge in [0.15, 0.2) is 0 Å². The molecule has 33 heavy (non-hydrogen) atoms. The Morgan fingerprint density at radius 1 is 1.15 bits per heavy atom. The van der Waals surface area contributed by atoms with Gasteiger partial charge in [0.25, 0.3) is 11.5 Å². The molecule has 0 aromatic carbocycles. The van der Waals surface area contributed by atoms with Crippen LogP contribution in [0.1, 0.15) is 40.6 Å². The molecule has 5 rings (SSSR count). The van der Waals surface area contributed by atoms with Gasteiger partial charge in [0.1, 0.15) is 11.2 Å². The van der Waals surface area contributed by atoms with Gasteiger partial charge in [-0.1, -0.05) is 0 Å². The number of fused-ring (bicyclic) bond motifs is 1. The van der Waals surface area contributed by atoms with Crippen molar-refractivity contribution in [1.82, 2.24) is 33.8 Å². The topological polar surface area (TPSA) is 93.2 Å². The van der Waals surface area contributed by atoms with Gasteiger partial charge in [-0.25, -0.2) is 9.20 Å². The lowest BCUT2D eigenvalue weighted by molar-refractivity contribution is -0.144. The average Bonchev–Trinajstić information content (AvgIpc) is 3.52. The fourth-order valence-electron chi connectivity index (χ4n) is 4.33. The Hall–Kier alpha value is -3.83. The van der Waals surface area contributed by atoms with Gasteiger partial charge < -0.3 is 9.47 Å². The van der Waals surface area contributed by atoms with E-state index >= 15 is 0 Å². The Balaban J connectivity index is 1.34. The number of aromatic nitrogens is 6. The van der Waals surface area contributed by atoms with E-state index in [2.05, 4.69) is 15.2 Å². The fourth-order valence-corrected chi connectivity index (χ4v) is 4.33. The highest BCUT2D eigenvalue weighted by molar-refractivity contribution is 5.95. The van der Waals surface area contributed by atoms with E-state index < -0.39 is 11.9 Å². The molecule has 9 nitrogen and oxygen atoms in total. The third kappa shape index (κ3) is 3.60. The second kappa shape index (κ2) is 7.64. The van der Waals surface area contributed by atoms with Gasteiger partial charge in [0, 0.05) is 31.5 Å². The second-order valence-corrected chi connectivity index (χ2v) is 7.99. The van der Waals surface area contributed by atoms with Crippen LogP contribution in [0.25, 0.3) is 11.5 Å². The first-order valence-electron chi connectivity index (χ1n) is 10.4. The standard InChI is InChI=1S/C21H20F3N7O2/c1-13-15(12-25-31(13)20-26-18(32)16-4-2-9-30(16)27-20)19(33)28-10-6-14(7-11-28)29-8-3-5-17(29)21(22,23)24/h2-5,8-9,12,14H,6-7,10-11H2,1H3,(H,26,27,32). The lowest BCUT2D eigenvalue weighted by Crippen LogP contribution is -2.39. The lowest BCUT2D eigenvalue weighted by atomic mass is 10.0. The number of H-pyrrole nitrogens is 1. The van der Waals surface area contributed by atoms with Gasteiger partial charge >= 0.3 is 6.18 Å². The highest BCUT2D eigenvalue weighted by Gasteiger charge is 2.36. The zero-order valence-electron chi connectivity index (χ0n) is 17.6. The van der Waals surface area contributed by atoms with Crippen LogP contribution in [0, 0.1) is 6.92 Å². The van der Waals surface area contributed by atoms with E-state index in [0.717, 1.165) is 6.07 Å². The zero-order chi connectivity index (χ0) is 23.3. The molecule has 0 radical (unpaired) electrons. The van der Waals surface area contributed by atoms with Crippen molar-refractivity contribution in [1.29, 1.82) is 0 Å². The molecule has 0 bridgehead atoms. The summed E-state index contributed by atoms with van der Waals surface area (Å²) in [5.41, 5.74) is 0.227. The molecule has 0 atom stereocenters. The number of nitrogens with zero attached hydrogens (tertiary/aromatic N) is 6. The maximum Gasteiger partial charge on any atom is 0.431 e. The van der Waals surface area contributed by atoms with Crippen LogP contribution in [0.15, 0.2) is 47.7 Å². The number of amides is 1. The number of halogens is 3. The smallest absolute Gasteiger partial charge is 0.341 e. The predicted octanol–water partition coefficient (Wildman–Crippen LogP) is 2.81. The Kier molecular flexibility index (Phi) is 4.87. The highest BCUT2D eigenvalue weighted by Crippen LogP contribution is 2.34. The number of carbonyl (C=O) groups excluding carboxylic acids is 1. The Morgan fingerprint density at radius 2 is 1.88 bits per heavy atom. The van der Waals surface area contributed by atoms with Gasteiger partial charge in [-0.15, -0.1) is 5.10 Å². The van der Waals surface area contributed by atoms with Crippen LogP contribution in [0.2, 0.25) is 0 Å². The number of aromatic amines is 1. The van der Waals surface area contributed by atoms with E-state index in [1.807, 2.05) is 0 Å². The van der Waals surface area contributed by atoms with Crippen molar-refractivity contribution in [2.24, 2.45) is 0 Å². The minimum absolute atomic E-state index is 0.172. The van der Waals surface area contributed by atoms with Gasteiger partial charge in [-0.2, -0.15) is 18.3 Å². The molecule has 12 heteroatoms. The lowest BCUT2D eigenvalue weighted by Gasteiger charge is -2.33. The maximum absolute atomic E-state index is 13.2. The van der Waals surface area contributed by atoms with Crippen LogP contribution in [-0.2, 0) is 6.18 Å². The molecule has 1 fully saturated rings. The molecule has 1 saturated heterocycles. The summed E-state index contributed by atoms with van der Waals surface area (Å²) in [7, 11) is 0. The number of likely N-dealkylation sites (tertiary alicyclic amines) is 1. The second-order valence-electron chi connectivity index (χ2n) is 7.99. The van der Waals surface area contributed by atoms with E-state index in [1.165, 1.54) is 32.2 Å². The summed E-state index contributed by atoms with van der Waals surface area (Å²) < 4.78 is 43.7. The van der Waals surface area contributed by atoms with Crippen molar-refractivity contribution in [2.45, 2.75) is 32.0 Å². The quantitative estimate of drug-likeness (QED) is 0.510. The summed E-state index contributed by atoms with van der Waals surface area (Å²) in [6.45, 7) is 2.35. The number of alkyl halides is 3. The molecule has 5 heterocycles. The van der Waals surface area contributed by atoms with Gasteiger partial charge in [-0.05, 0) is 44.0 Å². The number of hydrogen-bond acceptors (Lipinski definition) is 4. The van der Waals surface area contributed by atoms with Crippen LogP contribution in [-0.4, -0.2) is 52.8 Å². The molecule has 1 amide bonds. The molecule has 0 saturated carbocycles. The summed E-state index contributed by atoms with van der Waals surface area (Å²) in [4.78, 5) is 29.6. The third-order valence-corrected chi connectivity index (χ3v) is 6.04. The van der Waals surface area contributed by atoms with E-state index in [1.54, 1.807) is 30.2 Å². The SMILES string of the molecule is Cc1c(C(=O)N2CCC(n3cccc3C(F)(F)F)CC2)cnn1-c1nn2cccc2c(=O)[nH]1. The predicted molar refractivity (Wildman–Crippen MR) is 111 cm³/mol. The van der Waals surface area contributed by atoms with Gasteiger partial charge in [-0.3, -0.25) is 14.6 Å². The highest BCUT2D eigenvalue weighted by atomic mass is 19.4. The van der Waals surface area contributed by atoms with Crippen LogP contribution in [0.3, 0.4) is 0 Å². The number of hydrogen-bond donors (Lipinski definition) is 1. The minimum Gasteiger partial charge on any atom is -0.341 e. The van der Waals surface area contributed by atoms with E-state index in [0.29, 0.717) is 42.7 Å². The molecule has 0 unspecified atom stereocenters. The molecular formula is C21H20F3N7O2. The van der Waals surface area contributed by atoms with Crippen LogP contribution >= 0.6 is 0 Å². The van der Waals surface area contributed by atoms with Crippen molar-refractivity contribution in [3.8, 4) is 5.95 Å². The summed E-state index contributed by atoms with van der Waals surface area (Å²) in [5.74, 6) is -0.0867. The molecule has 172 valence electrons.